The van der Waals surface area contributed by atoms with Crippen LogP contribution in [-0.4, -0.2) is 25.7 Å². The maximum absolute atomic E-state index is 12.4. The van der Waals surface area contributed by atoms with Crippen LogP contribution in [0.4, 0.5) is 0 Å². The van der Waals surface area contributed by atoms with E-state index in [2.05, 4.69) is 24.4 Å². The molecule has 1 N–H and O–H groups in total. The Kier molecular flexibility index (Phi) is 6.67. The molecule has 0 saturated heterocycles. The van der Waals surface area contributed by atoms with Gasteiger partial charge < -0.3 is 14.8 Å². The third kappa shape index (κ3) is 4.75. The lowest BCUT2D eigenvalue weighted by molar-refractivity contribution is 0.0951. The van der Waals surface area contributed by atoms with Gasteiger partial charge in [-0.3, -0.25) is 4.79 Å². The van der Waals surface area contributed by atoms with Crippen molar-refractivity contribution in [1.29, 1.82) is 0 Å². The lowest BCUT2D eigenvalue weighted by atomic mass is 10.0. The molecular weight excluding hydrogens is 302 g/mol. The second-order valence-electron chi connectivity index (χ2n) is 5.55. The zero-order chi connectivity index (χ0) is 17.4. The summed E-state index contributed by atoms with van der Waals surface area (Å²) in [5, 5.41) is 2.98. The standard InChI is InChI=1S/C20H25NO3/c1-4-23-18-12-11-17(13-19(18)24-5-2)20(22)21-14-15(3)16-9-7-6-8-10-16/h6-13,15H,4-5,14H2,1-3H3,(H,21,22)/t15-/m1/s1. The summed E-state index contributed by atoms with van der Waals surface area (Å²) in [6.45, 7) is 7.58. The molecule has 2 rings (SSSR count). The van der Waals surface area contributed by atoms with E-state index < -0.39 is 0 Å². The molecule has 0 heterocycles. The van der Waals surface area contributed by atoms with Gasteiger partial charge in [-0.1, -0.05) is 37.3 Å². The molecule has 2 aromatic rings. The highest BCUT2D eigenvalue weighted by Crippen LogP contribution is 2.28. The van der Waals surface area contributed by atoms with Crippen molar-refractivity contribution in [3.63, 3.8) is 0 Å². The Morgan fingerprint density at radius 1 is 1.00 bits per heavy atom. The van der Waals surface area contributed by atoms with Crippen LogP contribution < -0.4 is 14.8 Å². The summed E-state index contributed by atoms with van der Waals surface area (Å²) in [7, 11) is 0. The molecule has 4 heteroatoms. The second-order valence-corrected chi connectivity index (χ2v) is 5.55. The summed E-state index contributed by atoms with van der Waals surface area (Å²) in [4.78, 5) is 12.4. The number of benzene rings is 2. The third-order valence-corrected chi connectivity index (χ3v) is 3.74. The molecule has 2 aromatic carbocycles. The van der Waals surface area contributed by atoms with E-state index in [1.165, 1.54) is 5.56 Å². The van der Waals surface area contributed by atoms with Crippen molar-refractivity contribution in [3.8, 4) is 11.5 Å². The van der Waals surface area contributed by atoms with Crippen LogP contribution in [0.15, 0.2) is 48.5 Å². The van der Waals surface area contributed by atoms with E-state index in [4.69, 9.17) is 9.47 Å². The fourth-order valence-corrected chi connectivity index (χ4v) is 2.44. The lowest BCUT2D eigenvalue weighted by Crippen LogP contribution is -2.27. The van der Waals surface area contributed by atoms with Gasteiger partial charge >= 0.3 is 0 Å². The van der Waals surface area contributed by atoms with Crippen molar-refractivity contribution in [3.05, 3.63) is 59.7 Å². The van der Waals surface area contributed by atoms with E-state index in [1.807, 2.05) is 32.0 Å². The minimum absolute atomic E-state index is 0.109. The lowest BCUT2D eigenvalue weighted by Gasteiger charge is -2.15. The van der Waals surface area contributed by atoms with Crippen LogP contribution in [0.2, 0.25) is 0 Å². The smallest absolute Gasteiger partial charge is 0.251 e. The Hall–Kier alpha value is -2.49. The van der Waals surface area contributed by atoms with Crippen molar-refractivity contribution < 1.29 is 14.3 Å². The molecule has 0 spiro atoms. The molecule has 1 atom stereocenters. The van der Waals surface area contributed by atoms with Crippen LogP contribution in [0.1, 0.15) is 42.6 Å². The van der Waals surface area contributed by atoms with Crippen LogP contribution in [0.5, 0.6) is 11.5 Å². The SMILES string of the molecule is CCOc1ccc(C(=O)NC[C@@H](C)c2ccccc2)cc1OCC. The molecule has 1 amide bonds. The van der Waals surface area contributed by atoms with Gasteiger partial charge in [0.25, 0.3) is 5.91 Å². The first-order chi connectivity index (χ1) is 11.7. The number of amides is 1. The zero-order valence-corrected chi connectivity index (χ0v) is 14.5. The third-order valence-electron chi connectivity index (χ3n) is 3.74. The fourth-order valence-electron chi connectivity index (χ4n) is 2.44. The maximum Gasteiger partial charge on any atom is 0.251 e. The summed E-state index contributed by atoms with van der Waals surface area (Å²) >= 11 is 0. The Labute approximate surface area is 143 Å². The van der Waals surface area contributed by atoms with Gasteiger partial charge in [0.15, 0.2) is 11.5 Å². The van der Waals surface area contributed by atoms with E-state index in [1.54, 1.807) is 18.2 Å². The minimum Gasteiger partial charge on any atom is -0.490 e. The van der Waals surface area contributed by atoms with E-state index >= 15 is 0 Å². The Bertz CT molecular complexity index is 655. The molecule has 0 aliphatic heterocycles. The molecule has 0 saturated carbocycles. The van der Waals surface area contributed by atoms with Gasteiger partial charge in [0.2, 0.25) is 0 Å². The number of hydrogen-bond donors (Lipinski definition) is 1. The van der Waals surface area contributed by atoms with Crippen LogP contribution in [0, 0.1) is 0 Å². The van der Waals surface area contributed by atoms with Crippen molar-refractivity contribution >= 4 is 5.91 Å². The van der Waals surface area contributed by atoms with Gasteiger partial charge in [0.05, 0.1) is 13.2 Å². The van der Waals surface area contributed by atoms with E-state index in [0.717, 1.165) is 0 Å². The molecule has 0 unspecified atom stereocenters. The maximum atomic E-state index is 12.4. The highest BCUT2D eigenvalue weighted by Gasteiger charge is 2.13. The van der Waals surface area contributed by atoms with Gasteiger partial charge in [-0.2, -0.15) is 0 Å². The van der Waals surface area contributed by atoms with E-state index in [-0.39, 0.29) is 11.8 Å². The average molecular weight is 327 g/mol. The van der Waals surface area contributed by atoms with Gasteiger partial charge in [0, 0.05) is 12.1 Å². The summed E-state index contributed by atoms with van der Waals surface area (Å²) in [6, 6.07) is 15.4. The predicted octanol–water partition coefficient (Wildman–Crippen LogP) is 4.02. The normalized spacial score (nSPS) is 11.6. The van der Waals surface area contributed by atoms with Crippen molar-refractivity contribution in [1.82, 2.24) is 5.32 Å². The number of carbonyl (C=O) groups is 1. The molecule has 0 aliphatic rings. The van der Waals surface area contributed by atoms with Crippen molar-refractivity contribution in [2.45, 2.75) is 26.7 Å². The fraction of sp³-hybridized carbons (Fsp3) is 0.350. The van der Waals surface area contributed by atoms with Gasteiger partial charge in [-0.25, -0.2) is 0 Å². The van der Waals surface area contributed by atoms with Crippen molar-refractivity contribution in [2.24, 2.45) is 0 Å². The number of ether oxygens (including phenoxy) is 2. The summed E-state index contributed by atoms with van der Waals surface area (Å²) in [5.41, 5.74) is 1.78. The summed E-state index contributed by atoms with van der Waals surface area (Å²) < 4.78 is 11.1. The zero-order valence-electron chi connectivity index (χ0n) is 14.5. The number of hydrogen-bond acceptors (Lipinski definition) is 3. The topological polar surface area (TPSA) is 47.6 Å². The molecule has 0 aromatic heterocycles. The molecule has 4 nitrogen and oxygen atoms in total. The van der Waals surface area contributed by atoms with Gasteiger partial charge in [-0.05, 0) is 43.5 Å². The Balaban J connectivity index is 2.02. The first-order valence-corrected chi connectivity index (χ1v) is 8.38. The minimum atomic E-state index is -0.109. The molecule has 24 heavy (non-hydrogen) atoms. The van der Waals surface area contributed by atoms with Gasteiger partial charge in [0.1, 0.15) is 0 Å². The van der Waals surface area contributed by atoms with Gasteiger partial charge in [-0.15, -0.1) is 0 Å². The van der Waals surface area contributed by atoms with Crippen LogP contribution in [-0.2, 0) is 0 Å². The van der Waals surface area contributed by atoms with Crippen LogP contribution >= 0.6 is 0 Å². The van der Waals surface area contributed by atoms with E-state index in [9.17, 15) is 4.79 Å². The first-order valence-electron chi connectivity index (χ1n) is 8.38. The monoisotopic (exact) mass is 327 g/mol. The largest absolute Gasteiger partial charge is 0.490 e. The van der Waals surface area contributed by atoms with Crippen molar-refractivity contribution in [2.75, 3.05) is 19.8 Å². The summed E-state index contributed by atoms with van der Waals surface area (Å²) in [5.74, 6) is 1.41. The number of rotatable bonds is 8. The average Bonchev–Trinajstić information content (AvgIpc) is 2.62. The first kappa shape index (κ1) is 17.9. The molecule has 0 fully saturated rings. The highest BCUT2D eigenvalue weighted by molar-refractivity contribution is 5.94. The molecular formula is C20H25NO3. The van der Waals surface area contributed by atoms with Crippen LogP contribution in [0.25, 0.3) is 0 Å². The predicted molar refractivity (Wildman–Crippen MR) is 96.0 cm³/mol. The second kappa shape index (κ2) is 8.96. The number of nitrogens with one attached hydrogen (secondary N) is 1. The molecule has 0 radical (unpaired) electrons. The number of carbonyl (C=O) groups excluding carboxylic acids is 1. The molecule has 128 valence electrons. The summed E-state index contributed by atoms with van der Waals surface area (Å²) in [6.07, 6.45) is 0. The Morgan fingerprint density at radius 2 is 1.67 bits per heavy atom. The quantitative estimate of drug-likeness (QED) is 0.796. The van der Waals surface area contributed by atoms with Crippen LogP contribution in [0.3, 0.4) is 0 Å². The Morgan fingerprint density at radius 3 is 2.33 bits per heavy atom. The molecule has 0 aliphatic carbocycles. The highest BCUT2D eigenvalue weighted by atomic mass is 16.5. The molecule has 0 bridgehead atoms. The van der Waals surface area contributed by atoms with E-state index in [0.29, 0.717) is 36.8 Å².